The minimum absolute atomic E-state index is 0.258. The van der Waals surface area contributed by atoms with Gasteiger partial charge in [0.15, 0.2) is 0 Å². The van der Waals surface area contributed by atoms with E-state index in [2.05, 4.69) is 50.0 Å². The third-order valence-electron chi connectivity index (χ3n) is 3.77. The summed E-state index contributed by atoms with van der Waals surface area (Å²) in [5.74, 6) is 0. The van der Waals surface area contributed by atoms with Crippen LogP contribution in [0, 0.1) is 0 Å². The lowest BCUT2D eigenvalue weighted by atomic mass is 9.97. The molecule has 0 bridgehead atoms. The van der Waals surface area contributed by atoms with Crippen molar-refractivity contribution in [3.63, 3.8) is 0 Å². The van der Waals surface area contributed by atoms with Gasteiger partial charge in [-0.2, -0.15) is 0 Å². The van der Waals surface area contributed by atoms with Gasteiger partial charge in [0.05, 0.1) is 0 Å². The fourth-order valence-corrected chi connectivity index (χ4v) is 3.70. The van der Waals surface area contributed by atoms with E-state index in [4.69, 9.17) is 0 Å². The molecule has 0 spiro atoms. The zero-order chi connectivity index (χ0) is 12.5. The van der Waals surface area contributed by atoms with Gasteiger partial charge in [0.1, 0.15) is 0 Å². The number of nitrogens with zero attached hydrogens (tertiary/aromatic N) is 1. The summed E-state index contributed by atoms with van der Waals surface area (Å²) >= 11 is 1.97. The number of aryl methyl sites for hydroxylation is 1. The summed E-state index contributed by atoms with van der Waals surface area (Å²) in [6.07, 6.45) is 1.16. The first-order valence-electron chi connectivity index (χ1n) is 6.60. The first-order valence-corrected chi connectivity index (χ1v) is 7.42. The Hall–Kier alpha value is -0.380. The topological polar surface area (TPSA) is 15.3 Å². The Labute approximate surface area is 109 Å². The fraction of sp³-hybridized carbons (Fsp3) is 0.714. The van der Waals surface area contributed by atoms with Crippen LogP contribution in [0.3, 0.4) is 0 Å². The van der Waals surface area contributed by atoms with Crippen LogP contribution in [0.4, 0.5) is 0 Å². The fourth-order valence-electron chi connectivity index (χ4n) is 2.68. The van der Waals surface area contributed by atoms with Crippen LogP contribution in [0.2, 0.25) is 0 Å². The van der Waals surface area contributed by atoms with Crippen LogP contribution >= 0.6 is 11.3 Å². The summed E-state index contributed by atoms with van der Waals surface area (Å²) in [5.41, 5.74) is 0.258. The van der Waals surface area contributed by atoms with Gasteiger partial charge in [-0.1, -0.05) is 6.92 Å². The largest absolute Gasteiger partial charge is 0.314 e. The van der Waals surface area contributed by atoms with Crippen molar-refractivity contribution in [2.75, 3.05) is 19.6 Å². The Balaban J connectivity index is 2.15. The molecular formula is C14H24N2S. The van der Waals surface area contributed by atoms with Crippen molar-refractivity contribution in [2.24, 2.45) is 0 Å². The maximum Gasteiger partial charge on any atom is 0.0419 e. The first-order chi connectivity index (χ1) is 8.04. The van der Waals surface area contributed by atoms with Crippen LogP contribution in [0.1, 0.15) is 43.5 Å². The first kappa shape index (κ1) is 13.1. The van der Waals surface area contributed by atoms with Crippen LogP contribution < -0.4 is 5.32 Å². The number of nitrogens with one attached hydrogen (secondary N) is 1. The normalized spacial score (nSPS) is 22.6. The van der Waals surface area contributed by atoms with Crippen LogP contribution in [0.5, 0.6) is 0 Å². The van der Waals surface area contributed by atoms with Gasteiger partial charge in [-0.25, -0.2) is 0 Å². The monoisotopic (exact) mass is 252 g/mol. The van der Waals surface area contributed by atoms with Crippen molar-refractivity contribution in [1.29, 1.82) is 0 Å². The highest BCUT2D eigenvalue weighted by molar-refractivity contribution is 7.12. The van der Waals surface area contributed by atoms with Crippen LogP contribution in [-0.2, 0) is 6.42 Å². The predicted octanol–water partition coefficient (Wildman–Crippen LogP) is 3.06. The second-order valence-corrected chi connectivity index (χ2v) is 6.72. The SMILES string of the molecule is CCc1ccc(C(C)N2CCNCC2(C)C)s1. The van der Waals surface area contributed by atoms with E-state index >= 15 is 0 Å². The number of hydrogen-bond donors (Lipinski definition) is 1. The summed E-state index contributed by atoms with van der Waals surface area (Å²) in [6.45, 7) is 12.6. The van der Waals surface area contributed by atoms with E-state index in [9.17, 15) is 0 Å². The lowest BCUT2D eigenvalue weighted by molar-refractivity contribution is 0.0531. The molecule has 0 aliphatic carbocycles. The second-order valence-electron chi connectivity index (χ2n) is 5.52. The van der Waals surface area contributed by atoms with E-state index in [1.807, 2.05) is 11.3 Å². The lowest BCUT2D eigenvalue weighted by Crippen LogP contribution is -2.58. The van der Waals surface area contributed by atoms with Gasteiger partial charge in [-0.15, -0.1) is 11.3 Å². The van der Waals surface area contributed by atoms with Crippen LogP contribution in [-0.4, -0.2) is 30.1 Å². The van der Waals surface area contributed by atoms with Crippen LogP contribution in [0.25, 0.3) is 0 Å². The molecule has 3 heteroatoms. The average molecular weight is 252 g/mol. The van der Waals surface area contributed by atoms with E-state index in [1.165, 1.54) is 9.75 Å². The molecule has 1 aliphatic rings. The van der Waals surface area contributed by atoms with Gasteiger partial charge in [0.25, 0.3) is 0 Å². The number of thiophene rings is 1. The van der Waals surface area contributed by atoms with Gasteiger partial charge < -0.3 is 5.32 Å². The molecule has 1 aromatic rings. The zero-order valence-electron chi connectivity index (χ0n) is 11.4. The Kier molecular flexibility index (Phi) is 3.91. The molecule has 1 fully saturated rings. The quantitative estimate of drug-likeness (QED) is 0.889. The van der Waals surface area contributed by atoms with E-state index in [0.29, 0.717) is 6.04 Å². The highest BCUT2D eigenvalue weighted by Gasteiger charge is 2.33. The maximum absolute atomic E-state index is 3.49. The third-order valence-corrected chi connectivity index (χ3v) is 5.17. The standard InChI is InChI=1S/C14H24N2S/c1-5-12-6-7-13(17-12)11(2)16-9-8-15-10-14(16,3)4/h6-7,11,15H,5,8-10H2,1-4H3. The van der Waals surface area contributed by atoms with E-state index in [0.717, 1.165) is 26.1 Å². The highest BCUT2D eigenvalue weighted by atomic mass is 32.1. The molecule has 1 N–H and O–H groups in total. The number of rotatable bonds is 3. The molecule has 1 aromatic heterocycles. The minimum atomic E-state index is 0.258. The highest BCUT2D eigenvalue weighted by Crippen LogP contribution is 2.33. The van der Waals surface area contributed by atoms with E-state index in [-0.39, 0.29) is 5.54 Å². The van der Waals surface area contributed by atoms with Crippen molar-refractivity contribution >= 4 is 11.3 Å². The summed E-state index contributed by atoms with van der Waals surface area (Å²) in [4.78, 5) is 5.64. The summed E-state index contributed by atoms with van der Waals surface area (Å²) in [7, 11) is 0. The Morgan fingerprint density at radius 1 is 1.47 bits per heavy atom. The summed E-state index contributed by atoms with van der Waals surface area (Å²) < 4.78 is 0. The van der Waals surface area contributed by atoms with E-state index < -0.39 is 0 Å². The molecule has 2 rings (SSSR count). The smallest absolute Gasteiger partial charge is 0.0419 e. The van der Waals surface area contributed by atoms with Gasteiger partial charge >= 0.3 is 0 Å². The summed E-state index contributed by atoms with van der Waals surface area (Å²) in [6, 6.07) is 5.13. The molecule has 1 atom stereocenters. The van der Waals surface area contributed by atoms with Gasteiger partial charge in [-0.05, 0) is 39.3 Å². The van der Waals surface area contributed by atoms with Crippen molar-refractivity contribution in [3.05, 3.63) is 21.9 Å². The van der Waals surface area contributed by atoms with Crippen molar-refractivity contribution in [3.8, 4) is 0 Å². The molecule has 96 valence electrons. The third kappa shape index (κ3) is 2.72. The van der Waals surface area contributed by atoms with Gasteiger partial charge in [0, 0.05) is 41.0 Å². The molecule has 0 amide bonds. The molecule has 17 heavy (non-hydrogen) atoms. The van der Waals surface area contributed by atoms with E-state index in [1.54, 1.807) is 0 Å². The maximum atomic E-state index is 3.49. The van der Waals surface area contributed by atoms with Crippen molar-refractivity contribution < 1.29 is 0 Å². The number of piperazine rings is 1. The Bertz CT molecular complexity index is 370. The molecule has 0 radical (unpaired) electrons. The van der Waals surface area contributed by atoms with Crippen molar-refractivity contribution in [1.82, 2.24) is 10.2 Å². The second kappa shape index (κ2) is 5.09. The van der Waals surface area contributed by atoms with Crippen molar-refractivity contribution in [2.45, 2.75) is 45.7 Å². The van der Waals surface area contributed by atoms with Gasteiger partial charge in [-0.3, -0.25) is 4.90 Å². The lowest BCUT2D eigenvalue weighted by Gasteiger charge is -2.46. The molecule has 0 saturated carbocycles. The molecule has 1 unspecified atom stereocenters. The molecule has 1 aliphatic heterocycles. The zero-order valence-corrected chi connectivity index (χ0v) is 12.2. The molecular weight excluding hydrogens is 228 g/mol. The molecule has 1 saturated heterocycles. The molecule has 2 heterocycles. The Morgan fingerprint density at radius 3 is 2.82 bits per heavy atom. The molecule has 0 aromatic carbocycles. The van der Waals surface area contributed by atoms with Gasteiger partial charge in [0.2, 0.25) is 0 Å². The number of hydrogen-bond acceptors (Lipinski definition) is 3. The minimum Gasteiger partial charge on any atom is -0.314 e. The average Bonchev–Trinajstić information content (AvgIpc) is 2.76. The predicted molar refractivity (Wildman–Crippen MR) is 75.8 cm³/mol. The van der Waals surface area contributed by atoms with Crippen LogP contribution in [0.15, 0.2) is 12.1 Å². The summed E-state index contributed by atoms with van der Waals surface area (Å²) in [5, 5.41) is 3.49. The Morgan fingerprint density at radius 2 is 2.24 bits per heavy atom. The molecule has 2 nitrogen and oxygen atoms in total.